The van der Waals surface area contributed by atoms with Crippen LogP contribution in [0.5, 0.6) is 0 Å². The first-order valence-electron chi connectivity index (χ1n) is 8.32. The highest BCUT2D eigenvalue weighted by Crippen LogP contribution is 2.32. The number of amides is 2. The fourth-order valence-electron chi connectivity index (χ4n) is 3.57. The lowest BCUT2D eigenvalue weighted by atomic mass is 9.79. The van der Waals surface area contributed by atoms with Gasteiger partial charge in [0.15, 0.2) is 0 Å². The third kappa shape index (κ3) is 3.41. The summed E-state index contributed by atoms with van der Waals surface area (Å²) in [6.45, 7) is 10.9. The molecule has 4 heteroatoms. The fourth-order valence-corrected chi connectivity index (χ4v) is 3.57. The molecule has 1 saturated carbocycles. The van der Waals surface area contributed by atoms with Crippen molar-refractivity contribution in [3.8, 4) is 0 Å². The summed E-state index contributed by atoms with van der Waals surface area (Å²) >= 11 is 0. The van der Waals surface area contributed by atoms with Crippen LogP contribution in [0.25, 0.3) is 0 Å². The molecule has 0 aromatic heterocycles. The number of nitrogens with one attached hydrogen (secondary N) is 1. The summed E-state index contributed by atoms with van der Waals surface area (Å²) in [5.74, 6) is 1.26. The van der Waals surface area contributed by atoms with Gasteiger partial charge in [-0.15, -0.1) is 0 Å². The largest absolute Gasteiger partial charge is 0.342 e. The predicted octanol–water partition coefficient (Wildman–Crippen LogP) is 2.57. The smallest absolute Gasteiger partial charge is 0.246 e. The van der Waals surface area contributed by atoms with Crippen molar-refractivity contribution in [3.63, 3.8) is 0 Å². The van der Waals surface area contributed by atoms with Crippen molar-refractivity contribution < 1.29 is 9.59 Å². The maximum atomic E-state index is 12.8. The minimum absolute atomic E-state index is 0.0158. The predicted molar refractivity (Wildman–Crippen MR) is 83.7 cm³/mol. The topological polar surface area (TPSA) is 49.4 Å². The van der Waals surface area contributed by atoms with Crippen molar-refractivity contribution >= 4 is 11.8 Å². The van der Waals surface area contributed by atoms with Gasteiger partial charge in [-0.05, 0) is 30.6 Å². The van der Waals surface area contributed by atoms with Gasteiger partial charge in [-0.2, -0.15) is 0 Å². The van der Waals surface area contributed by atoms with Gasteiger partial charge in [-0.3, -0.25) is 9.59 Å². The number of nitrogens with zero attached hydrogens (tertiary/aromatic N) is 1. The van der Waals surface area contributed by atoms with Crippen LogP contribution < -0.4 is 5.32 Å². The number of rotatable bonds is 2. The average Bonchev–Trinajstić information content (AvgIpc) is 2.39. The molecule has 0 bridgehead atoms. The van der Waals surface area contributed by atoms with Gasteiger partial charge in [0.2, 0.25) is 11.8 Å². The van der Waals surface area contributed by atoms with E-state index in [1.807, 2.05) is 32.6 Å². The second-order valence-corrected chi connectivity index (χ2v) is 8.00. The second kappa shape index (κ2) is 5.98. The molecule has 1 saturated heterocycles. The summed E-state index contributed by atoms with van der Waals surface area (Å²) < 4.78 is 0. The molecule has 1 aliphatic heterocycles. The summed E-state index contributed by atoms with van der Waals surface area (Å²) in [5.41, 5.74) is -0.247. The highest BCUT2D eigenvalue weighted by atomic mass is 16.2. The monoisotopic (exact) mass is 294 g/mol. The third-order valence-corrected chi connectivity index (χ3v) is 5.25. The lowest BCUT2D eigenvalue weighted by Crippen LogP contribution is -2.66. The van der Waals surface area contributed by atoms with Crippen molar-refractivity contribution in [3.05, 3.63) is 0 Å². The Hall–Kier alpha value is -1.06. The zero-order valence-corrected chi connectivity index (χ0v) is 14.1. The standard InChI is InChI=1S/C17H30N2O2/c1-11-8-6-7-9-13(11)10-19-12(2)15(20)18-14(16(19)21)17(3,4)5/h11-14H,6-10H2,1-5H3,(H,18,20). The maximum absolute atomic E-state index is 12.8. The Balaban J connectivity index is 2.15. The Labute approximate surface area is 128 Å². The Bertz CT molecular complexity index is 414. The van der Waals surface area contributed by atoms with Gasteiger partial charge in [-0.25, -0.2) is 0 Å². The quantitative estimate of drug-likeness (QED) is 0.851. The number of hydrogen-bond acceptors (Lipinski definition) is 2. The average molecular weight is 294 g/mol. The Morgan fingerprint density at radius 2 is 1.76 bits per heavy atom. The lowest BCUT2D eigenvalue weighted by Gasteiger charge is -2.44. The Morgan fingerprint density at radius 1 is 1.14 bits per heavy atom. The maximum Gasteiger partial charge on any atom is 0.246 e. The van der Waals surface area contributed by atoms with Crippen molar-refractivity contribution in [1.82, 2.24) is 10.2 Å². The zero-order valence-electron chi connectivity index (χ0n) is 14.1. The molecular weight excluding hydrogens is 264 g/mol. The van der Waals surface area contributed by atoms with E-state index in [9.17, 15) is 9.59 Å². The number of piperazine rings is 1. The van der Waals surface area contributed by atoms with Gasteiger partial charge in [0.25, 0.3) is 0 Å². The second-order valence-electron chi connectivity index (χ2n) is 8.00. The normalized spacial score (nSPS) is 34.8. The highest BCUT2D eigenvalue weighted by Gasteiger charge is 2.44. The van der Waals surface area contributed by atoms with Crippen molar-refractivity contribution in [1.29, 1.82) is 0 Å². The molecule has 2 fully saturated rings. The van der Waals surface area contributed by atoms with Crippen LogP contribution in [-0.4, -0.2) is 35.3 Å². The molecule has 2 amide bonds. The van der Waals surface area contributed by atoms with E-state index in [4.69, 9.17) is 0 Å². The summed E-state index contributed by atoms with van der Waals surface area (Å²) in [6.07, 6.45) is 4.97. The molecule has 4 unspecified atom stereocenters. The molecule has 21 heavy (non-hydrogen) atoms. The molecule has 0 aromatic rings. The molecule has 1 heterocycles. The summed E-state index contributed by atoms with van der Waals surface area (Å²) in [5, 5.41) is 2.90. The van der Waals surface area contributed by atoms with Crippen molar-refractivity contribution in [2.24, 2.45) is 17.3 Å². The van der Waals surface area contributed by atoms with Crippen LogP contribution in [0.1, 0.15) is 60.3 Å². The van der Waals surface area contributed by atoms with Gasteiger partial charge in [-0.1, -0.05) is 47.0 Å². The van der Waals surface area contributed by atoms with Crippen LogP contribution in [0, 0.1) is 17.3 Å². The first kappa shape index (κ1) is 16.3. The van der Waals surface area contributed by atoms with Crippen LogP contribution in [0.2, 0.25) is 0 Å². The SMILES string of the molecule is CC1CCCCC1CN1C(=O)C(C(C)(C)C)NC(=O)C1C. The summed E-state index contributed by atoms with van der Waals surface area (Å²) in [4.78, 5) is 26.9. The molecular formula is C17H30N2O2. The number of carbonyl (C=O) groups is 2. The minimum Gasteiger partial charge on any atom is -0.342 e. The van der Waals surface area contributed by atoms with E-state index in [1.165, 1.54) is 25.7 Å². The van der Waals surface area contributed by atoms with E-state index in [0.29, 0.717) is 11.8 Å². The van der Waals surface area contributed by atoms with E-state index < -0.39 is 6.04 Å². The van der Waals surface area contributed by atoms with Gasteiger partial charge < -0.3 is 10.2 Å². The van der Waals surface area contributed by atoms with Crippen LogP contribution in [0.4, 0.5) is 0 Å². The van der Waals surface area contributed by atoms with E-state index in [-0.39, 0.29) is 23.3 Å². The molecule has 4 atom stereocenters. The van der Waals surface area contributed by atoms with Crippen LogP contribution in [0.15, 0.2) is 0 Å². The molecule has 1 N–H and O–H groups in total. The summed E-state index contributed by atoms with van der Waals surface area (Å²) in [6, 6.07) is -0.745. The van der Waals surface area contributed by atoms with Gasteiger partial charge in [0.05, 0.1) is 0 Å². The van der Waals surface area contributed by atoms with Crippen LogP contribution >= 0.6 is 0 Å². The molecule has 120 valence electrons. The molecule has 0 radical (unpaired) electrons. The summed E-state index contributed by atoms with van der Waals surface area (Å²) in [7, 11) is 0. The molecule has 2 rings (SSSR count). The molecule has 0 spiro atoms. The molecule has 2 aliphatic rings. The zero-order chi connectivity index (χ0) is 15.8. The van der Waals surface area contributed by atoms with E-state index in [1.54, 1.807) is 0 Å². The van der Waals surface area contributed by atoms with Crippen LogP contribution in [0.3, 0.4) is 0 Å². The third-order valence-electron chi connectivity index (χ3n) is 5.25. The first-order chi connectivity index (χ1) is 9.71. The van der Waals surface area contributed by atoms with Crippen LogP contribution in [-0.2, 0) is 9.59 Å². The van der Waals surface area contributed by atoms with E-state index in [2.05, 4.69) is 12.2 Å². The van der Waals surface area contributed by atoms with Crippen molar-refractivity contribution in [2.75, 3.05) is 6.54 Å². The number of hydrogen-bond donors (Lipinski definition) is 1. The molecule has 4 nitrogen and oxygen atoms in total. The van der Waals surface area contributed by atoms with Gasteiger partial charge in [0, 0.05) is 6.54 Å². The Morgan fingerprint density at radius 3 is 2.33 bits per heavy atom. The lowest BCUT2D eigenvalue weighted by molar-refractivity contribution is -0.152. The first-order valence-corrected chi connectivity index (χ1v) is 8.32. The highest BCUT2D eigenvalue weighted by molar-refractivity contribution is 5.97. The number of carbonyl (C=O) groups excluding carboxylic acids is 2. The Kier molecular flexibility index (Phi) is 4.64. The minimum atomic E-state index is -0.403. The van der Waals surface area contributed by atoms with Crippen molar-refractivity contribution in [2.45, 2.75) is 72.4 Å². The molecule has 1 aliphatic carbocycles. The van der Waals surface area contributed by atoms with Gasteiger partial charge in [0.1, 0.15) is 12.1 Å². The van der Waals surface area contributed by atoms with Gasteiger partial charge >= 0.3 is 0 Å². The fraction of sp³-hybridized carbons (Fsp3) is 0.882. The van der Waals surface area contributed by atoms with E-state index in [0.717, 1.165) is 6.54 Å². The van der Waals surface area contributed by atoms with E-state index >= 15 is 0 Å². The molecule has 0 aromatic carbocycles.